The number of hydrogen-bond acceptors (Lipinski definition) is 5. The number of nitrogens with zero attached hydrogens (tertiary/aromatic N) is 3. The van der Waals surface area contributed by atoms with Crippen LogP contribution >= 0.6 is 11.3 Å². The lowest BCUT2D eigenvalue weighted by atomic mass is 9.93. The number of thiophene rings is 1. The van der Waals surface area contributed by atoms with Crippen LogP contribution in [-0.2, 0) is 0 Å². The van der Waals surface area contributed by atoms with Crippen LogP contribution in [0.5, 0.6) is 0 Å². The molecule has 3 aromatic heterocycles. The third-order valence-corrected chi connectivity index (χ3v) is 11.7. The second kappa shape index (κ2) is 13.3. The van der Waals surface area contributed by atoms with E-state index in [2.05, 4.69) is 140 Å². The average Bonchev–Trinajstić information content (AvgIpc) is 3.84. The lowest BCUT2D eigenvalue weighted by Crippen LogP contribution is -2.00. The SMILES string of the molecule is c1ccc(-c2ccc(-c3nc(-c4ccccc4)nc(-c4ccc5c(c4)sc4cc(-c6ccccc6-c6ccc7oc8ccccc8c7c6)ccc45)n3)cc2)cc1. The molecule has 0 amide bonds. The van der Waals surface area contributed by atoms with E-state index in [9.17, 15) is 0 Å². The summed E-state index contributed by atoms with van der Waals surface area (Å²) < 4.78 is 8.56. The van der Waals surface area contributed by atoms with Crippen molar-refractivity contribution in [1.82, 2.24) is 15.0 Å². The highest BCUT2D eigenvalue weighted by atomic mass is 32.1. The van der Waals surface area contributed by atoms with E-state index in [4.69, 9.17) is 19.4 Å². The van der Waals surface area contributed by atoms with Crippen molar-refractivity contribution in [1.29, 1.82) is 0 Å². The van der Waals surface area contributed by atoms with Gasteiger partial charge in [0.15, 0.2) is 17.5 Å². The molecule has 11 rings (SSSR count). The van der Waals surface area contributed by atoms with Gasteiger partial charge in [-0.05, 0) is 63.7 Å². The van der Waals surface area contributed by atoms with Crippen molar-refractivity contribution in [2.75, 3.05) is 0 Å². The van der Waals surface area contributed by atoms with E-state index >= 15 is 0 Å². The second-order valence-electron chi connectivity index (χ2n) is 14.0. The van der Waals surface area contributed by atoms with Crippen molar-refractivity contribution in [2.45, 2.75) is 0 Å². The van der Waals surface area contributed by atoms with Crippen molar-refractivity contribution in [3.8, 4) is 67.5 Å². The number of aromatic nitrogens is 3. The minimum absolute atomic E-state index is 0.647. The molecule has 0 atom stereocenters. The Labute approximate surface area is 327 Å². The number of fused-ring (bicyclic) bond motifs is 6. The van der Waals surface area contributed by atoms with Crippen molar-refractivity contribution >= 4 is 53.4 Å². The maximum Gasteiger partial charge on any atom is 0.164 e. The van der Waals surface area contributed by atoms with Crippen molar-refractivity contribution in [3.63, 3.8) is 0 Å². The van der Waals surface area contributed by atoms with Gasteiger partial charge in [0.2, 0.25) is 0 Å². The molecule has 0 aliphatic heterocycles. The summed E-state index contributed by atoms with van der Waals surface area (Å²) >= 11 is 1.80. The topological polar surface area (TPSA) is 51.8 Å². The summed E-state index contributed by atoms with van der Waals surface area (Å²) in [5.41, 5.74) is 11.7. The van der Waals surface area contributed by atoms with Crippen LogP contribution in [0.1, 0.15) is 0 Å². The molecular weight excluding hydrogens is 703 g/mol. The average molecular weight is 734 g/mol. The van der Waals surface area contributed by atoms with Crippen LogP contribution in [0.2, 0.25) is 0 Å². The fourth-order valence-electron chi connectivity index (χ4n) is 7.76. The molecule has 0 saturated carbocycles. The molecule has 0 N–H and O–H groups in total. The van der Waals surface area contributed by atoms with Crippen molar-refractivity contribution in [2.24, 2.45) is 0 Å². The fourth-order valence-corrected chi connectivity index (χ4v) is 8.94. The largest absolute Gasteiger partial charge is 0.456 e. The summed E-state index contributed by atoms with van der Waals surface area (Å²) in [6.45, 7) is 0. The van der Waals surface area contributed by atoms with Crippen molar-refractivity contribution in [3.05, 3.63) is 188 Å². The number of benzene rings is 8. The molecule has 0 radical (unpaired) electrons. The minimum atomic E-state index is 0.647. The number of rotatable bonds is 6. The van der Waals surface area contributed by atoms with E-state index in [-0.39, 0.29) is 0 Å². The van der Waals surface area contributed by atoms with Gasteiger partial charge in [-0.1, -0.05) is 158 Å². The van der Waals surface area contributed by atoms with Gasteiger partial charge in [-0.25, -0.2) is 15.0 Å². The highest BCUT2D eigenvalue weighted by Crippen LogP contribution is 2.41. The van der Waals surface area contributed by atoms with Gasteiger partial charge in [-0.3, -0.25) is 0 Å². The molecule has 8 aromatic carbocycles. The molecule has 0 bridgehead atoms. The summed E-state index contributed by atoms with van der Waals surface area (Å²) in [6, 6.07) is 65.8. The molecule has 3 heterocycles. The Bertz CT molecular complexity index is 3240. The smallest absolute Gasteiger partial charge is 0.164 e. The number of para-hydroxylation sites is 1. The maximum atomic E-state index is 6.13. The Kier molecular flexibility index (Phi) is 7.64. The monoisotopic (exact) mass is 733 g/mol. The molecule has 5 heteroatoms. The van der Waals surface area contributed by atoms with Crippen LogP contribution < -0.4 is 0 Å². The number of hydrogen-bond donors (Lipinski definition) is 0. The molecule has 262 valence electrons. The lowest BCUT2D eigenvalue weighted by Gasteiger charge is -2.11. The molecular formula is C51H31N3OS. The molecule has 56 heavy (non-hydrogen) atoms. The van der Waals surface area contributed by atoms with Gasteiger partial charge in [0.1, 0.15) is 11.2 Å². The van der Waals surface area contributed by atoms with Crippen LogP contribution in [-0.4, -0.2) is 15.0 Å². The molecule has 11 aromatic rings. The Morgan fingerprint density at radius 2 is 0.750 bits per heavy atom. The van der Waals surface area contributed by atoms with Crippen LogP contribution in [0.3, 0.4) is 0 Å². The van der Waals surface area contributed by atoms with Crippen LogP contribution in [0.25, 0.3) is 110 Å². The van der Waals surface area contributed by atoms with Gasteiger partial charge in [0.05, 0.1) is 0 Å². The Morgan fingerprint density at radius 3 is 1.45 bits per heavy atom. The van der Waals surface area contributed by atoms with Gasteiger partial charge in [0.25, 0.3) is 0 Å². The summed E-state index contributed by atoms with van der Waals surface area (Å²) in [4.78, 5) is 15.1. The first kappa shape index (κ1) is 32.2. The van der Waals surface area contributed by atoms with E-state index in [1.165, 1.54) is 48.0 Å². The lowest BCUT2D eigenvalue weighted by molar-refractivity contribution is 0.669. The van der Waals surface area contributed by atoms with E-state index in [1.54, 1.807) is 11.3 Å². The summed E-state index contributed by atoms with van der Waals surface area (Å²) in [7, 11) is 0. The minimum Gasteiger partial charge on any atom is -0.456 e. The molecule has 0 saturated heterocycles. The highest BCUT2D eigenvalue weighted by Gasteiger charge is 2.16. The summed E-state index contributed by atoms with van der Waals surface area (Å²) in [6.07, 6.45) is 0. The van der Waals surface area contributed by atoms with Crippen LogP contribution in [0.4, 0.5) is 0 Å². The zero-order chi connectivity index (χ0) is 37.0. The third-order valence-electron chi connectivity index (χ3n) is 10.6. The fraction of sp³-hybridized carbons (Fsp3) is 0. The van der Waals surface area contributed by atoms with Gasteiger partial charge in [-0.2, -0.15) is 0 Å². The zero-order valence-electron chi connectivity index (χ0n) is 30.1. The predicted molar refractivity (Wildman–Crippen MR) is 233 cm³/mol. The van der Waals surface area contributed by atoms with E-state index in [0.29, 0.717) is 17.5 Å². The highest BCUT2D eigenvalue weighted by molar-refractivity contribution is 7.25. The molecule has 0 spiro atoms. The molecule has 0 unspecified atom stereocenters. The first-order chi connectivity index (χ1) is 27.7. The second-order valence-corrected chi connectivity index (χ2v) is 15.1. The Balaban J connectivity index is 0.981. The quantitative estimate of drug-likeness (QED) is 0.171. The molecule has 4 nitrogen and oxygen atoms in total. The predicted octanol–water partition coefficient (Wildman–Crippen LogP) is 14.1. The molecule has 0 aliphatic rings. The standard InChI is InChI=1S/C51H31N3OS/c1-3-11-32(12-4-1)33-19-21-35(22-20-33)50-52-49(34-13-5-2-6-14-34)53-51(54-50)38-24-27-43-42-26-23-37(30-47(42)56-48(43)31-38)40-16-8-7-15-39(40)36-25-28-46-44(29-36)41-17-9-10-18-45(41)55-46/h1-31H. The normalized spacial score (nSPS) is 11.6. The van der Waals surface area contributed by atoms with Gasteiger partial charge in [-0.15, -0.1) is 11.3 Å². The van der Waals surface area contributed by atoms with E-state index in [1.807, 2.05) is 48.5 Å². The van der Waals surface area contributed by atoms with Gasteiger partial charge in [0, 0.05) is 47.6 Å². The molecule has 0 aliphatic carbocycles. The first-order valence-corrected chi connectivity index (χ1v) is 19.5. The molecule has 0 fully saturated rings. The van der Waals surface area contributed by atoms with Gasteiger partial charge < -0.3 is 4.42 Å². The van der Waals surface area contributed by atoms with Crippen molar-refractivity contribution < 1.29 is 4.42 Å². The van der Waals surface area contributed by atoms with E-state index < -0.39 is 0 Å². The summed E-state index contributed by atoms with van der Waals surface area (Å²) in [5.74, 6) is 1.95. The van der Waals surface area contributed by atoms with Crippen LogP contribution in [0.15, 0.2) is 192 Å². The first-order valence-electron chi connectivity index (χ1n) is 18.7. The van der Waals surface area contributed by atoms with Crippen LogP contribution in [0, 0.1) is 0 Å². The van der Waals surface area contributed by atoms with Gasteiger partial charge >= 0.3 is 0 Å². The zero-order valence-corrected chi connectivity index (χ0v) is 30.9. The Morgan fingerprint density at radius 1 is 0.304 bits per heavy atom. The van der Waals surface area contributed by atoms with E-state index in [0.717, 1.165) is 44.2 Å². The summed E-state index contributed by atoms with van der Waals surface area (Å²) in [5, 5.41) is 4.73. The number of furan rings is 1. The Hall–Kier alpha value is -7.21. The maximum absolute atomic E-state index is 6.13. The third kappa shape index (κ3) is 5.65.